The molecule has 3 nitrogen and oxygen atoms in total. The van der Waals surface area contributed by atoms with Crippen molar-refractivity contribution in [3.05, 3.63) is 195 Å². The van der Waals surface area contributed by atoms with Crippen molar-refractivity contribution in [2.24, 2.45) is 5.73 Å². The summed E-state index contributed by atoms with van der Waals surface area (Å²) in [5.74, 6) is 0.484. The minimum absolute atomic E-state index is 0.484. The molecule has 0 atom stereocenters. The van der Waals surface area contributed by atoms with Gasteiger partial charge in [0.05, 0.1) is 27.8 Å². The molecule has 2 aromatic heterocycles. The van der Waals surface area contributed by atoms with Crippen LogP contribution in [-0.4, -0.2) is 9.13 Å². The van der Waals surface area contributed by atoms with Gasteiger partial charge in [0.2, 0.25) is 0 Å². The summed E-state index contributed by atoms with van der Waals surface area (Å²) in [5, 5.41) is 4.65. The highest BCUT2D eigenvalue weighted by Crippen LogP contribution is 2.45. The van der Waals surface area contributed by atoms with Crippen LogP contribution in [0.3, 0.4) is 0 Å². The number of aromatic nitrogens is 2. The second kappa shape index (κ2) is 12.3. The quantitative estimate of drug-likeness (QED) is 0.187. The maximum atomic E-state index is 6.64. The summed E-state index contributed by atoms with van der Waals surface area (Å²) in [5.41, 5.74) is 21.5. The molecule has 10 aromatic rings. The van der Waals surface area contributed by atoms with Gasteiger partial charge in [0, 0.05) is 27.1 Å². The Hall–Kier alpha value is -7.10. The van der Waals surface area contributed by atoms with Crippen molar-refractivity contribution < 1.29 is 0 Å². The van der Waals surface area contributed by atoms with Crippen molar-refractivity contribution in [1.82, 2.24) is 9.13 Å². The number of hydrogen-bond acceptors (Lipinski definition) is 1. The van der Waals surface area contributed by atoms with E-state index in [2.05, 4.69) is 204 Å². The second-order valence-electron chi connectivity index (χ2n) is 13.7. The lowest BCUT2D eigenvalue weighted by atomic mass is 9.97. The third-order valence-electron chi connectivity index (χ3n) is 10.6. The van der Waals surface area contributed by atoms with E-state index >= 15 is 0 Å². The van der Waals surface area contributed by atoms with E-state index in [0.29, 0.717) is 5.82 Å². The van der Waals surface area contributed by atoms with Gasteiger partial charge in [0.15, 0.2) is 0 Å². The molecule has 0 aliphatic carbocycles. The van der Waals surface area contributed by atoms with Crippen molar-refractivity contribution >= 4 is 49.4 Å². The maximum absolute atomic E-state index is 6.64. The first-order chi connectivity index (χ1) is 26.1. The van der Waals surface area contributed by atoms with E-state index in [0.717, 1.165) is 55.2 Å². The number of nitrogens with two attached hydrogens (primary N) is 1. The molecule has 250 valence electrons. The van der Waals surface area contributed by atoms with Crippen LogP contribution in [0.5, 0.6) is 0 Å². The van der Waals surface area contributed by atoms with Crippen LogP contribution >= 0.6 is 0 Å². The molecule has 2 N–H and O–H groups in total. The molecule has 10 rings (SSSR count). The number of fused-ring (bicyclic) bond motifs is 6. The molecular formula is C50H35N3. The van der Waals surface area contributed by atoms with Crippen LogP contribution in [0.25, 0.3) is 99.6 Å². The average molecular weight is 678 g/mol. The standard InChI is InChI=1S/C50H35N3/c1-33(51)52-47-28-24-40(36-18-10-4-11-19-36)32-44(47)49-48(52)29-25-41(37-20-12-5-13-21-37)50(49)53-45-26-22-38(34-14-6-2-7-15-34)30-42(45)43-31-39(23-27-46(43)53)35-16-8-3-9-17-35/h2-32H,1,51H2. The summed E-state index contributed by atoms with van der Waals surface area (Å²) in [4.78, 5) is 0. The zero-order valence-corrected chi connectivity index (χ0v) is 29.1. The van der Waals surface area contributed by atoms with Gasteiger partial charge in [0.25, 0.3) is 0 Å². The fraction of sp³-hybridized carbons (Fsp3) is 0. The van der Waals surface area contributed by atoms with E-state index in [9.17, 15) is 0 Å². The van der Waals surface area contributed by atoms with Crippen molar-refractivity contribution in [3.8, 4) is 50.2 Å². The van der Waals surface area contributed by atoms with E-state index in [1.165, 1.54) is 38.6 Å². The second-order valence-corrected chi connectivity index (χ2v) is 13.7. The predicted octanol–water partition coefficient (Wildman–Crippen LogP) is 12.9. The molecule has 0 unspecified atom stereocenters. The summed E-state index contributed by atoms with van der Waals surface area (Å²) in [6.07, 6.45) is 0. The third kappa shape index (κ3) is 4.97. The van der Waals surface area contributed by atoms with Gasteiger partial charge >= 0.3 is 0 Å². The molecule has 0 bridgehead atoms. The Bertz CT molecular complexity index is 2890. The van der Waals surface area contributed by atoms with Crippen LogP contribution < -0.4 is 5.73 Å². The Balaban J connectivity index is 1.38. The minimum Gasteiger partial charge on any atom is -0.385 e. The summed E-state index contributed by atoms with van der Waals surface area (Å²) in [7, 11) is 0. The van der Waals surface area contributed by atoms with Gasteiger partial charge in [-0.2, -0.15) is 0 Å². The predicted molar refractivity (Wildman–Crippen MR) is 225 cm³/mol. The molecule has 2 heterocycles. The fourth-order valence-corrected chi connectivity index (χ4v) is 8.18. The first-order valence-corrected chi connectivity index (χ1v) is 18.0. The van der Waals surface area contributed by atoms with Gasteiger partial charge in [0.1, 0.15) is 5.82 Å². The highest BCUT2D eigenvalue weighted by molar-refractivity contribution is 6.20. The first-order valence-electron chi connectivity index (χ1n) is 18.0. The largest absolute Gasteiger partial charge is 0.385 e. The Morgan fingerprint density at radius 1 is 0.377 bits per heavy atom. The molecule has 0 spiro atoms. The van der Waals surface area contributed by atoms with Crippen LogP contribution in [0, 0.1) is 0 Å². The lowest BCUT2D eigenvalue weighted by molar-refractivity contribution is 1.17. The minimum atomic E-state index is 0.484. The molecule has 0 radical (unpaired) electrons. The molecule has 53 heavy (non-hydrogen) atoms. The summed E-state index contributed by atoms with van der Waals surface area (Å²) in [6.45, 7) is 4.26. The first kappa shape index (κ1) is 30.7. The number of benzene rings is 8. The molecule has 0 aliphatic rings. The molecule has 0 fully saturated rings. The zero-order valence-electron chi connectivity index (χ0n) is 29.1. The molecule has 0 amide bonds. The SMILES string of the molecule is C=C(N)n1c2ccc(-c3ccccc3)cc2c2c(-n3c4ccc(-c5ccccc5)cc4c4cc(-c5ccccc5)ccc43)c(-c3ccccc3)ccc21. The Morgan fingerprint density at radius 2 is 0.774 bits per heavy atom. The molecule has 8 aromatic carbocycles. The van der Waals surface area contributed by atoms with Crippen LogP contribution in [0.1, 0.15) is 0 Å². The van der Waals surface area contributed by atoms with Crippen molar-refractivity contribution in [2.75, 3.05) is 0 Å². The molecular weight excluding hydrogens is 643 g/mol. The normalized spacial score (nSPS) is 11.5. The average Bonchev–Trinajstić information content (AvgIpc) is 3.73. The Labute approximate surface area is 308 Å². The van der Waals surface area contributed by atoms with E-state index < -0.39 is 0 Å². The van der Waals surface area contributed by atoms with Crippen molar-refractivity contribution in [1.29, 1.82) is 0 Å². The van der Waals surface area contributed by atoms with Gasteiger partial charge in [-0.05, 0) is 81.4 Å². The van der Waals surface area contributed by atoms with E-state index in [-0.39, 0.29) is 0 Å². The van der Waals surface area contributed by atoms with Crippen LogP contribution in [0.4, 0.5) is 0 Å². The zero-order chi connectivity index (χ0) is 35.5. The summed E-state index contributed by atoms with van der Waals surface area (Å²) >= 11 is 0. The van der Waals surface area contributed by atoms with Crippen LogP contribution in [0.2, 0.25) is 0 Å². The van der Waals surface area contributed by atoms with Crippen LogP contribution in [-0.2, 0) is 0 Å². The lowest BCUT2D eigenvalue weighted by Gasteiger charge is -2.17. The van der Waals surface area contributed by atoms with Gasteiger partial charge in [-0.3, -0.25) is 4.57 Å². The highest BCUT2D eigenvalue weighted by Gasteiger charge is 2.24. The summed E-state index contributed by atoms with van der Waals surface area (Å²) < 4.78 is 4.59. The number of rotatable bonds is 6. The Kier molecular flexibility index (Phi) is 7.12. The molecule has 0 aliphatic heterocycles. The Morgan fingerprint density at radius 3 is 1.23 bits per heavy atom. The smallest absolute Gasteiger partial charge is 0.100 e. The highest BCUT2D eigenvalue weighted by atomic mass is 15.1. The van der Waals surface area contributed by atoms with Crippen LogP contribution in [0.15, 0.2) is 195 Å². The monoisotopic (exact) mass is 677 g/mol. The van der Waals surface area contributed by atoms with Crippen molar-refractivity contribution in [2.45, 2.75) is 0 Å². The lowest BCUT2D eigenvalue weighted by Crippen LogP contribution is -2.04. The summed E-state index contributed by atoms with van der Waals surface area (Å²) in [6, 6.07) is 67.6. The number of hydrogen-bond donors (Lipinski definition) is 1. The fourth-order valence-electron chi connectivity index (χ4n) is 8.18. The van der Waals surface area contributed by atoms with Gasteiger partial charge in [-0.15, -0.1) is 0 Å². The molecule has 0 saturated carbocycles. The van der Waals surface area contributed by atoms with Gasteiger partial charge in [-0.1, -0.05) is 152 Å². The van der Waals surface area contributed by atoms with E-state index in [1.807, 2.05) is 0 Å². The third-order valence-corrected chi connectivity index (χ3v) is 10.6. The van der Waals surface area contributed by atoms with E-state index in [1.54, 1.807) is 0 Å². The van der Waals surface area contributed by atoms with Gasteiger partial charge < -0.3 is 10.3 Å². The maximum Gasteiger partial charge on any atom is 0.100 e. The van der Waals surface area contributed by atoms with Crippen molar-refractivity contribution in [3.63, 3.8) is 0 Å². The molecule has 0 saturated heterocycles. The van der Waals surface area contributed by atoms with Gasteiger partial charge in [-0.25, -0.2) is 0 Å². The van der Waals surface area contributed by atoms with E-state index in [4.69, 9.17) is 5.73 Å². The topological polar surface area (TPSA) is 35.9 Å². The number of nitrogens with zero attached hydrogens (tertiary/aromatic N) is 2. The molecule has 3 heteroatoms.